The Labute approximate surface area is 186 Å². The second-order valence-electron chi connectivity index (χ2n) is 10.0. The maximum absolute atomic E-state index is 4.76. The number of hydrogen-bond donors (Lipinski definition) is 0. The van der Waals surface area contributed by atoms with Crippen molar-refractivity contribution in [3.05, 3.63) is 83.2 Å². The van der Waals surface area contributed by atoms with E-state index in [4.69, 9.17) is 4.98 Å². The molecule has 0 spiro atoms. The van der Waals surface area contributed by atoms with Crippen molar-refractivity contribution in [2.24, 2.45) is 12.5 Å². The molecule has 2 heterocycles. The molecule has 0 fully saturated rings. The van der Waals surface area contributed by atoms with E-state index in [0.717, 1.165) is 12.1 Å². The highest BCUT2D eigenvalue weighted by Crippen LogP contribution is 2.31. The van der Waals surface area contributed by atoms with Gasteiger partial charge >= 0.3 is 0 Å². The summed E-state index contributed by atoms with van der Waals surface area (Å²) in [6.07, 6.45) is 3.01. The number of pyridine rings is 2. The second-order valence-corrected chi connectivity index (χ2v) is 10.0. The molecule has 0 unspecified atom stereocenters. The van der Waals surface area contributed by atoms with E-state index in [9.17, 15) is 0 Å². The average Bonchev–Trinajstić information content (AvgIpc) is 2.70. The molecule has 2 aromatic carbocycles. The lowest BCUT2D eigenvalue weighted by atomic mass is 9.90. The Morgan fingerprint density at radius 2 is 1.65 bits per heavy atom. The first-order chi connectivity index (χ1) is 14.6. The molecule has 0 aliphatic rings. The smallest absolute Gasteiger partial charge is 0.213 e. The van der Waals surface area contributed by atoms with E-state index in [-0.39, 0.29) is 5.41 Å². The molecule has 0 aliphatic carbocycles. The minimum absolute atomic E-state index is 0.240. The summed E-state index contributed by atoms with van der Waals surface area (Å²) in [7, 11) is 2.17. The molecular formula is C29H33N2+. The molecule has 2 aromatic heterocycles. The van der Waals surface area contributed by atoms with Crippen LogP contribution in [0.15, 0.2) is 60.8 Å². The Bertz CT molecular complexity index is 1260. The Kier molecular flexibility index (Phi) is 5.43. The number of hydrogen-bond acceptors (Lipinski definition) is 1. The molecule has 0 N–H and O–H groups in total. The molecular weight excluding hydrogens is 376 g/mol. The van der Waals surface area contributed by atoms with Gasteiger partial charge in [-0.1, -0.05) is 50.6 Å². The van der Waals surface area contributed by atoms with Gasteiger partial charge in [0.25, 0.3) is 0 Å². The zero-order valence-corrected chi connectivity index (χ0v) is 19.9. The molecule has 4 rings (SSSR count). The second kappa shape index (κ2) is 7.92. The molecule has 0 bridgehead atoms. The fourth-order valence-corrected chi connectivity index (χ4v) is 4.48. The first-order valence-corrected chi connectivity index (χ1v) is 11.1. The van der Waals surface area contributed by atoms with Crippen LogP contribution in [0.1, 0.15) is 43.2 Å². The number of benzene rings is 2. The topological polar surface area (TPSA) is 16.8 Å². The van der Waals surface area contributed by atoms with Crippen LogP contribution in [0, 0.1) is 26.2 Å². The van der Waals surface area contributed by atoms with E-state index >= 15 is 0 Å². The summed E-state index contributed by atoms with van der Waals surface area (Å²) in [6.45, 7) is 13.3. The third kappa shape index (κ3) is 4.25. The molecule has 0 saturated heterocycles. The van der Waals surface area contributed by atoms with Gasteiger partial charge in [0.15, 0.2) is 0 Å². The largest absolute Gasteiger partial charge is 0.261 e. The van der Waals surface area contributed by atoms with Crippen LogP contribution in [0.5, 0.6) is 0 Å². The third-order valence-electron chi connectivity index (χ3n) is 6.15. The maximum Gasteiger partial charge on any atom is 0.213 e. The molecule has 0 amide bonds. The number of fused-ring (bicyclic) bond motifs is 1. The standard InChI is InChI=1S/C29H33N2/c1-19-15-20(2)21(3)26(16-19)28-14-13-25-24(9-8-10-27(25)31(28)7)22-11-12-23(30-18-22)17-29(4,5)6/h8-16,18H,17H2,1-7H3/q+1. The van der Waals surface area contributed by atoms with Gasteiger partial charge in [-0.2, -0.15) is 4.57 Å². The molecule has 4 aromatic rings. The summed E-state index contributed by atoms with van der Waals surface area (Å²) >= 11 is 0. The van der Waals surface area contributed by atoms with E-state index < -0.39 is 0 Å². The van der Waals surface area contributed by atoms with Gasteiger partial charge in [0, 0.05) is 35.2 Å². The van der Waals surface area contributed by atoms with Gasteiger partial charge in [0.1, 0.15) is 7.05 Å². The van der Waals surface area contributed by atoms with Gasteiger partial charge < -0.3 is 0 Å². The Morgan fingerprint density at radius 1 is 0.871 bits per heavy atom. The van der Waals surface area contributed by atoms with Crippen LogP contribution in [-0.2, 0) is 13.5 Å². The van der Waals surface area contributed by atoms with Gasteiger partial charge in [-0.15, -0.1) is 0 Å². The summed E-state index contributed by atoms with van der Waals surface area (Å²) in [5, 5.41) is 1.25. The van der Waals surface area contributed by atoms with Crippen molar-refractivity contribution in [1.82, 2.24) is 4.98 Å². The summed E-state index contributed by atoms with van der Waals surface area (Å²) in [5.41, 5.74) is 11.5. The van der Waals surface area contributed by atoms with Crippen molar-refractivity contribution in [1.29, 1.82) is 0 Å². The summed E-state index contributed by atoms with van der Waals surface area (Å²) in [6, 6.07) is 20.0. The van der Waals surface area contributed by atoms with E-state index in [1.807, 2.05) is 6.20 Å². The maximum atomic E-state index is 4.76. The van der Waals surface area contributed by atoms with Gasteiger partial charge in [-0.3, -0.25) is 4.98 Å². The molecule has 0 aliphatic heterocycles. The highest BCUT2D eigenvalue weighted by atomic mass is 14.9. The lowest BCUT2D eigenvalue weighted by molar-refractivity contribution is -0.633. The van der Waals surface area contributed by atoms with Gasteiger partial charge in [0.2, 0.25) is 11.2 Å². The molecule has 2 nitrogen and oxygen atoms in total. The van der Waals surface area contributed by atoms with Gasteiger partial charge in [0.05, 0.1) is 5.39 Å². The van der Waals surface area contributed by atoms with Gasteiger partial charge in [-0.25, -0.2) is 0 Å². The molecule has 0 saturated carbocycles. The van der Waals surface area contributed by atoms with Crippen LogP contribution in [0.25, 0.3) is 33.3 Å². The van der Waals surface area contributed by atoms with Crippen molar-refractivity contribution in [2.75, 3.05) is 0 Å². The summed E-state index contributed by atoms with van der Waals surface area (Å²) < 4.78 is 2.32. The molecule has 31 heavy (non-hydrogen) atoms. The SMILES string of the molecule is Cc1cc(C)c(C)c(-c2ccc3c(-c4ccc(CC(C)(C)C)nc4)cccc3[n+]2C)c1. The number of aryl methyl sites for hydroxylation is 3. The number of rotatable bonds is 3. The normalized spacial score (nSPS) is 11.8. The minimum atomic E-state index is 0.240. The van der Waals surface area contributed by atoms with Crippen LogP contribution in [0.2, 0.25) is 0 Å². The first kappa shape index (κ1) is 21.2. The lowest BCUT2D eigenvalue weighted by Crippen LogP contribution is -2.32. The van der Waals surface area contributed by atoms with Gasteiger partial charge in [-0.05, 0) is 67.5 Å². The zero-order valence-electron chi connectivity index (χ0n) is 19.9. The zero-order chi connectivity index (χ0) is 22.3. The fourth-order valence-electron chi connectivity index (χ4n) is 4.48. The average molecular weight is 410 g/mol. The van der Waals surface area contributed by atoms with Crippen molar-refractivity contribution in [3.8, 4) is 22.4 Å². The van der Waals surface area contributed by atoms with Crippen LogP contribution in [0.3, 0.4) is 0 Å². The predicted octanol–water partition coefficient (Wildman–Crippen LogP) is 6.91. The predicted molar refractivity (Wildman–Crippen MR) is 131 cm³/mol. The van der Waals surface area contributed by atoms with Crippen molar-refractivity contribution >= 4 is 10.9 Å². The number of nitrogens with zero attached hydrogens (tertiary/aromatic N) is 2. The van der Waals surface area contributed by atoms with Crippen molar-refractivity contribution < 1.29 is 4.57 Å². The van der Waals surface area contributed by atoms with E-state index in [1.54, 1.807) is 0 Å². The van der Waals surface area contributed by atoms with Crippen LogP contribution in [0.4, 0.5) is 0 Å². The summed E-state index contributed by atoms with van der Waals surface area (Å²) in [4.78, 5) is 4.76. The van der Waals surface area contributed by atoms with Crippen molar-refractivity contribution in [2.45, 2.75) is 48.0 Å². The molecule has 0 atom stereocenters. The minimum Gasteiger partial charge on any atom is -0.261 e. The van der Waals surface area contributed by atoms with E-state index in [0.29, 0.717) is 0 Å². The Morgan fingerprint density at radius 3 is 2.32 bits per heavy atom. The highest BCUT2D eigenvalue weighted by molar-refractivity contribution is 5.93. The Hall–Kier alpha value is -3.00. The summed E-state index contributed by atoms with van der Waals surface area (Å²) in [5.74, 6) is 0. The monoisotopic (exact) mass is 409 g/mol. The van der Waals surface area contributed by atoms with E-state index in [2.05, 4.69) is 108 Å². The van der Waals surface area contributed by atoms with Crippen LogP contribution < -0.4 is 4.57 Å². The molecule has 2 heteroatoms. The highest BCUT2D eigenvalue weighted by Gasteiger charge is 2.19. The first-order valence-electron chi connectivity index (χ1n) is 11.1. The Balaban J connectivity index is 1.82. The van der Waals surface area contributed by atoms with E-state index in [1.165, 1.54) is 50.0 Å². The van der Waals surface area contributed by atoms with Crippen LogP contribution >= 0.6 is 0 Å². The van der Waals surface area contributed by atoms with Crippen molar-refractivity contribution in [3.63, 3.8) is 0 Å². The number of aromatic nitrogens is 2. The molecule has 0 radical (unpaired) electrons. The lowest BCUT2D eigenvalue weighted by Gasteiger charge is -2.17. The van der Waals surface area contributed by atoms with Crippen LogP contribution in [-0.4, -0.2) is 4.98 Å². The molecule has 158 valence electrons. The fraction of sp³-hybridized carbons (Fsp3) is 0.310. The third-order valence-corrected chi connectivity index (χ3v) is 6.15. The quantitative estimate of drug-likeness (QED) is 0.336.